The van der Waals surface area contributed by atoms with E-state index in [1.54, 1.807) is 25.3 Å². The van der Waals surface area contributed by atoms with E-state index in [1.807, 2.05) is 0 Å². The predicted octanol–water partition coefficient (Wildman–Crippen LogP) is 6.49. The van der Waals surface area contributed by atoms with Crippen LogP contribution < -0.4 is 4.74 Å². The molecule has 0 fully saturated rings. The summed E-state index contributed by atoms with van der Waals surface area (Å²) in [6.45, 7) is 1.23. The smallest absolute Gasteiger partial charge is 0.416 e. The maximum absolute atomic E-state index is 14.0. The number of alkyl halides is 3. The highest BCUT2D eigenvalue weighted by molar-refractivity contribution is 6.00. The molecule has 3 aromatic heterocycles. The number of nitrogens with zero attached hydrogens (tertiary/aromatic N) is 3. The molecule has 0 unspecified atom stereocenters. The molecule has 0 radical (unpaired) electrons. The lowest BCUT2D eigenvalue weighted by molar-refractivity contribution is -0.137. The molecule has 5 aromatic rings. The van der Waals surface area contributed by atoms with Gasteiger partial charge in [-0.1, -0.05) is 6.07 Å². The molecule has 2 aromatic carbocycles. The Morgan fingerprint density at radius 3 is 2.51 bits per heavy atom. The van der Waals surface area contributed by atoms with Crippen molar-refractivity contribution >= 4 is 22.3 Å². The zero-order valence-electron chi connectivity index (χ0n) is 19.3. The van der Waals surface area contributed by atoms with Crippen molar-refractivity contribution in [2.24, 2.45) is 0 Å². The van der Waals surface area contributed by atoms with E-state index in [-0.39, 0.29) is 40.2 Å². The molecule has 0 aliphatic carbocycles. The van der Waals surface area contributed by atoms with Crippen molar-refractivity contribution in [1.82, 2.24) is 14.4 Å². The van der Waals surface area contributed by atoms with Crippen molar-refractivity contribution in [2.45, 2.75) is 26.1 Å². The van der Waals surface area contributed by atoms with Crippen LogP contribution in [0.3, 0.4) is 0 Å². The van der Waals surface area contributed by atoms with E-state index >= 15 is 0 Å². The number of hydrogen-bond donors (Lipinski definition) is 0. The Balaban J connectivity index is 1.48. The van der Waals surface area contributed by atoms with Gasteiger partial charge in [-0.3, -0.25) is 14.2 Å². The van der Waals surface area contributed by atoms with E-state index in [9.17, 15) is 26.7 Å². The lowest BCUT2D eigenvalue weighted by atomic mass is 10.0. The molecule has 188 valence electrons. The van der Waals surface area contributed by atoms with Crippen LogP contribution in [0, 0.1) is 18.6 Å². The summed E-state index contributed by atoms with van der Waals surface area (Å²) in [5.74, 6) is -1.68. The molecule has 5 nitrogen and oxygen atoms in total. The fourth-order valence-electron chi connectivity index (χ4n) is 4.22. The van der Waals surface area contributed by atoms with Gasteiger partial charge in [-0.2, -0.15) is 13.2 Å². The second-order valence-corrected chi connectivity index (χ2v) is 8.40. The quantitative estimate of drug-likeness (QED) is 0.193. The van der Waals surface area contributed by atoms with Gasteiger partial charge >= 0.3 is 6.18 Å². The van der Waals surface area contributed by atoms with Crippen LogP contribution in [0.5, 0.6) is 5.75 Å². The molecule has 0 aliphatic rings. The number of hydrogen-bond acceptors (Lipinski definition) is 4. The van der Waals surface area contributed by atoms with Gasteiger partial charge in [-0.25, -0.2) is 13.8 Å². The van der Waals surface area contributed by atoms with Crippen molar-refractivity contribution in [1.29, 1.82) is 0 Å². The second kappa shape index (κ2) is 9.27. The maximum Gasteiger partial charge on any atom is 0.416 e. The number of pyridine rings is 2. The lowest BCUT2D eigenvalue weighted by Crippen LogP contribution is -2.10. The minimum atomic E-state index is -4.54. The van der Waals surface area contributed by atoms with E-state index in [1.165, 1.54) is 28.8 Å². The molecule has 0 aliphatic heterocycles. The SMILES string of the molecule is Cc1nc2c(OCc3c(F)cccc3F)cccn2c1C(=O)Cc1ccnc2ccc(C(F)(F)F)cc12. The summed E-state index contributed by atoms with van der Waals surface area (Å²) in [5.41, 5.74) is 0.496. The zero-order valence-corrected chi connectivity index (χ0v) is 19.3. The van der Waals surface area contributed by atoms with Gasteiger partial charge in [-0.15, -0.1) is 0 Å². The highest BCUT2D eigenvalue weighted by Gasteiger charge is 2.31. The predicted molar refractivity (Wildman–Crippen MR) is 125 cm³/mol. The first-order valence-corrected chi connectivity index (χ1v) is 11.1. The van der Waals surface area contributed by atoms with Crippen molar-refractivity contribution in [3.63, 3.8) is 0 Å². The summed E-state index contributed by atoms with van der Waals surface area (Å²) in [6, 6.07) is 11.4. The molecule has 0 amide bonds. The third kappa shape index (κ3) is 4.62. The summed E-state index contributed by atoms with van der Waals surface area (Å²) in [6.07, 6.45) is -1.70. The van der Waals surface area contributed by atoms with Gasteiger partial charge < -0.3 is 4.74 Å². The first-order valence-electron chi connectivity index (χ1n) is 11.1. The van der Waals surface area contributed by atoms with Crippen LogP contribution in [-0.4, -0.2) is 20.2 Å². The van der Waals surface area contributed by atoms with Crippen LogP contribution in [0.1, 0.15) is 32.9 Å². The van der Waals surface area contributed by atoms with Crippen molar-refractivity contribution in [3.8, 4) is 5.75 Å². The number of rotatable bonds is 6. The van der Waals surface area contributed by atoms with Crippen molar-refractivity contribution < 1.29 is 31.5 Å². The highest BCUT2D eigenvalue weighted by atomic mass is 19.4. The number of halogens is 5. The number of Topliss-reactive ketones (excluding diaryl/α,β-unsaturated/α-hetero) is 1. The molecule has 10 heteroatoms. The highest BCUT2D eigenvalue weighted by Crippen LogP contribution is 2.32. The largest absolute Gasteiger partial charge is 0.485 e. The summed E-state index contributed by atoms with van der Waals surface area (Å²) in [4.78, 5) is 21.9. The van der Waals surface area contributed by atoms with E-state index < -0.39 is 30.0 Å². The Kier molecular flexibility index (Phi) is 6.10. The molecule has 0 saturated heterocycles. The number of carbonyl (C=O) groups is 1. The zero-order chi connectivity index (χ0) is 26.3. The normalized spacial score (nSPS) is 11.8. The van der Waals surface area contributed by atoms with Crippen LogP contribution in [-0.2, 0) is 19.2 Å². The summed E-state index contributed by atoms with van der Waals surface area (Å²) in [7, 11) is 0. The van der Waals surface area contributed by atoms with Crippen LogP contribution in [0.25, 0.3) is 16.6 Å². The molecule has 5 rings (SSSR count). The summed E-state index contributed by atoms with van der Waals surface area (Å²) < 4.78 is 74.9. The Hall–Kier alpha value is -4.34. The monoisotopic (exact) mass is 511 g/mol. The minimum Gasteiger partial charge on any atom is -0.485 e. The van der Waals surface area contributed by atoms with E-state index in [4.69, 9.17) is 4.74 Å². The van der Waals surface area contributed by atoms with Crippen LogP contribution in [0.2, 0.25) is 0 Å². The molecule has 0 spiro atoms. The topological polar surface area (TPSA) is 56.5 Å². The molecule has 0 N–H and O–H groups in total. The third-order valence-corrected chi connectivity index (χ3v) is 6.00. The number of ether oxygens (including phenoxy) is 1. The van der Waals surface area contributed by atoms with Crippen LogP contribution >= 0.6 is 0 Å². The van der Waals surface area contributed by atoms with E-state index in [0.717, 1.165) is 24.3 Å². The summed E-state index contributed by atoms with van der Waals surface area (Å²) in [5, 5.41) is 0.230. The van der Waals surface area contributed by atoms with Gasteiger partial charge in [0.2, 0.25) is 0 Å². The molecular weight excluding hydrogens is 493 g/mol. The summed E-state index contributed by atoms with van der Waals surface area (Å²) >= 11 is 0. The molecule has 0 bridgehead atoms. The Morgan fingerprint density at radius 1 is 1.03 bits per heavy atom. The third-order valence-electron chi connectivity index (χ3n) is 6.00. The Bertz CT molecular complexity index is 1640. The molecular formula is C27H18F5N3O2. The number of fused-ring (bicyclic) bond motifs is 2. The number of aryl methyl sites for hydroxylation is 1. The average molecular weight is 511 g/mol. The first-order chi connectivity index (χ1) is 17.6. The first kappa shape index (κ1) is 24.4. The van der Waals surface area contributed by atoms with E-state index in [0.29, 0.717) is 16.8 Å². The molecule has 0 saturated carbocycles. The second-order valence-electron chi connectivity index (χ2n) is 8.40. The van der Waals surface area contributed by atoms with Gasteiger partial charge in [0.15, 0.2) is 17.2 Å². The van der Waals surface area contributed by atoms with Crippen molar-refractivity contribution in [3.05, 3.63) is 107 Å². The van der Waals surface area contributed by atoms with Gasteiger partial charge in [0.25, 0.3) is 0 Å². The van der Waals surface area contributed by atoms with Crippen molar-refractivity contribution in [2.75, 3.05) is 0 Å². The van der Waals surface area contributed by atoms with Gasteiger partial charge in [0.05, 0.1) is 22.3 Å². The Labute approximate surface area is 207 Å². The molecule has 0 atom stereocenters. The average Bonchev–Trinajstić information content (AvgIpc) is 3.19. The standard InChI is InChI=1S/C27H18F5N3O2/c1-15-25(23(36)12-16-9-10-33-22-8-7-17(13-18(16)22)27(30,31)32)35-11-3-6-24(26(35)34-15)37-14-19-20(28)4-2-5-21(19)29/h2-11,13H,12,14H2,1H3. The number of benzene rings is 2. The van der Waals surface area contributed by atoms with Gasteiger partial charge in [0, 0.05) is 24.2 Å². The fourth-order valence-corrected chi connectivity index (χ4v) is 4.22. The van der Waals surface area contributed by atoms with Crippen LogP contribution in [0.4, 0.5) is 22.0 Å². The maximum atomic E-state index is 14.0. The lowest BCUT2D eigenvalue weighted by Gasteiger charge is -2.11. The molecule has 37 heavy (non-hydrogen) atoms. The number of carbonyl (C=O) groups excluding carboxylic acids is 1. The van der Waals surface area contributed by atoms with Gasteiger partial charge in [0.1, 0.15) is 23.9 Å². The number of imidazole rings is 1. The van der Waals surface area contributed by atoms with E-state index in [2.05, 4.69) is 9.97 Å². The fraction of sp³-hybridized carbons (Fsp3) is 0.148. The number of ketones is 1. The Morgan fingerprint density at radius 2 is 1.78 bits per heavy atom. The van der Waals surface area contributed by atoms with Crippen LogP contribution in [0.15, 0.2) is 67.0 Å². The molecule has 3 heterocycles. The number of aromatic nitrogens is 3. The van der Waals surface area contributed by atoms with Gasteiger partial charge in [-0.05, 0) is 61.0 Å². The minimum absolute atomic E-state index is 0.194.